The van der Waals surface area contributed by atoms with Crippen molar-refractivity contribution in [3.05, 3.63) is 47.5 Å². The number of amides is 1. The van der Waals surface area contributed by atoms with Gasteiger partial charge >= 0.3 is 6.09 Å². The largest absolute Gasteiger partial charge is 0.443 e. The number of carbonyl (C=O) groups is 1. The first kappa shape index (κ1) is 22.4. The van der Waals surface area contributed by atoms with Gasteiger partial charge < -0.3 is 4.74 Å². The van der Waals surface area contributed by atoms with Crippen molar-refractivity contribution >= 4 is 48.5 Å². The van der Waals surface area contributed by atoms with E-state index >= 15 is 0 Å². The van der Waals surface area contributed by atoms with E-state index in [4.69, 9.17) is 4.74 Å². The molecule has 0 bridgehead atoms. The lowest BCUT2D eigenvalue weighted by Crippen LogP contribution is -2.37. The SMILES string of the molecule is C=CCN(C(=O)OC(C)(C)C)c1ccc2c(S(=O)(=O)N(C)C)cccc2c1Br. The van der Waals surface area contributed by atoms with Gasteiger partial charge in [0.15, 0.2) is 0 Å². The minimum absolute atomic E-state index is 0.204. The highest BCUT2D eigenvalue weighted by Crippen LogP contribution is 2.37. The van der Waals surface area contributed by atoms with Crippen LogP contribution in [0.5, 0.6) is 0 Å². The van der Waals surface area contributed by atoms with E-state index in [-0.39, 0.29) is 11.4 Å². The zero-order chi connectivity index (χ0) is 21.3. The first-order chi connectivity index (χ1) is 12.9. The fourth-order valence-corrected chi connectivity index (χ4v) is 4.42. The molecule has 0 unspecified atom stereocenters. The van der Waals surface area contributed by atoms with Crippen molar-refractivity contribution in [2.24, 2.45) is 0 Å². The minimum Gasteiger partial charge on any atom is -0.443 e. The molecule has 2 aromatic carbocycles. The van der Waals surface area contributed by atoms with Crippen LogP contribution < -0.4 is 4.90 Å². The lowest BCUT2D eigenvalue weighted by Gasteiger charge is -2.28. The van der Waals surface area contributed by atoms with E-state index in [1.54, 1.807) is 57.2 Å². The molecule has 0 saturated heterocycles. The van der Waals surface area contributed by atoms with Crippen LogP contribution >= 0.6 is 15.9 Å². The molecule has 0 heterocycles. The highest BCUT2D eigenvalue weighted by atomic mass is 79.9. The maximum Gasteiger partial charge on any atom is 0.415 e. The molecule has 2 aromatic rings. The molecule has 0 N–H and O–H groups in total. The number of anilines is 1. The zero-order valence-corrected chi connectivity index (χ0v) is 19.1. The Bertz CT molecular complexity index is 1010. The third-order valence-electron chi connectivity index (χ3n) is 3.91. The average Bonchev–Trinajstić information content (AvgIpc) is 2.58. The Balaban J connectivity index is 2.65. The predicted octanol–water partition coefficient (Wildman–Crippen LogP) is 4.78. The number of carbonyl (C=O) groups excluding carboxylic acids is 1. The maximum atomic E-state index is 12.7. The van der Waals surface area contributed by atoms with Gasteiger partial charge in [-0.1, -0.05) is 24.3 Å². The molecule has 0 aliphatic rings. The lowest BCUT2D eigenvalue weighted by atomic mass is 10.1. The molecule has 0 spiro atoms. The molecule has 0 saturated carbocycles. The third kappa shape index (κ3) is 4.56. The van der Waals surface area contributed by atoms with E-state index in [1.807, 2.05) is 0 Å². The van der Waals surface area contributed by atoms with Crippen LogP contribution in [0.1, 0.15) is 20.8 Å². The number of nitrogens with zero attached hydrogens (tertiary/aromatic N) is 2. The summed E-state index contributed by atoms with van der Waals surface area (Å²) in [6.07, 6.45) is 1.09. The predicted molar refractivity (Wildman–Crippen MR) is 116 cm³/mol. The van der Waals surface area contributed by atoms with Gasteiger partial charge in [0.2, 0.25) is 10.0 Å². The monoisotopic (exact) mass is 468 g/mol. The Morgan fingerprint density at radius 3 is 2.36 bits per heavy atom. The second-order valence-corrected chi connectivity index (χ2v) is 10.3. The topological polar surface area (TPSA) is 66.9 Å². The standard InChI is InChI=1S/C20H25BrN2O4S/c1-7-13-23(19(24)27-20(2,3)4)16-12-11-14-15(18(16)21)9-8-10-17(14)28(25,26)22(5)6/h7-12H,1,13H2,2-6H3. The van der Waals surface area contributed by atoms with Gasteiger partial charge in [0.05, 0.1) is 10.6 Å². The van der Waals surface area contributed by atoms with Gasteiger partial charge in [-0.25, -0.2) is 17.5 Å². The van der Waals surface area contributed by atoms with Crippen molar-refractivity contribution in [3.63, 3.8) is 0 Å². The van der Waals surface area contributed by atoms with Gasteiger partial charge in [0.25, 0.3) is 0 Å². The smallest absolute Gasteiger partial charge is 0.415 e. The third-order valence-corrected chi connectivity index (χ3v) is 6.62. The summed E-state index contributed by atoms with van der Waals surface area (Å²) in [5.41, 5.74) is -0.0756. The van der Waals surface area contributed by atoms with Crippen molar-refractivity contribution in [1.29, 1.82) is 0 Å². The van der Waals surface area contributed by atoms with Crippen LogP contribution in [-0.4, -0.2) is 45.1 Å². The van der Waals surface area contributed by atoms with Crippen molar-refractivity contribution in [2.75, 3.05) is 25.5 Å². The molecule has 28 heavy (non-hydrogen) atoms. The number of rotatable bonds is 5. The fourth-order valence-electron chi connectivity index (χ4n) is 2.63. The van der Waals surface area contributed by atoms with Crippen LogP contribution in [0, 0.1) is 0 Å². The van der Waals surface area contributed by atoms with Crippen LogP contribution in [0.15, 0.2) is 52.4 Å². The summed E-state index contributed by atoms with van der Waals surface area (Å²) >= 11 is 3.55. The molecule has 2 rings (SSSR count). The zero-order valence-electron chi connectivity index (χ0n) is 16.7. The number of sulfonamides is 1. The summed E-state index contributed by atoms with van der Waals surface area (Å²) < 4.78 is 32.6. The fraction of sp³-hybridized carbons (Fsp3) is 0.350. The highest BCUT2D eigenvalue weighted by Gasteiger charge is 2.26. The van der Waals surface area contributed by atoms with Crippen LogP contribution in [0.25, 0.3) is 10.8 Å². The van der Waals surface area contributed by atoms with Crippen molar-refractivity contribution < 1.29 is 17.9 Å². The van der Waals surface area contributed by atoms with Gasteiger partial charge in [-0.2, -0.15) is 0 Å². The summed E-state index contributed by atoms with van der Waals surface area (Å²) in [6, 6.07) is 8.46. The van der Waals surface area contributed by atoms with E-state index in [1.165, 1.54) is 23.3 Å². The molecule has 1 amide bonds. The van der Waals surface area contributed by atoms with E-state index < -0.39 is 21.7 Å². The summed E-state index contributed by atoms with van der Waals surface area (Å²) in [4.78, 5) is 14.3. The lowest BCUT2D eigenvalue weighted by molar-refractivity contribution is 0.0584. The maximum absolute atomic E-state index is 12.7. The van der Waals surface area contributed by atoms with E-state index in [9.17, 15) is 13.2 Å². The molecule has 0 aromatic heterocycles. The second kappa shape index (κ2) is 8.23. The Morgan fingerprint density at radius 2 is 1.82 bits per heavy atom. The number of halogens is 1. The Morgan fingerprint density at radius 1 is 1.18 bits per heavy atom. The summed E-state index contributed by atoms with van der Waals surface area (Å²) in [5.74, 6) is 0. The number of benzene rings is 2. The van der Waals surface area contributed by atoms with Crippen LogP contribution in [0.4, 0.5) is 10.5 Å². The molecule has 8 heteroatoms. The number of ether oxygens (including phenoxy) is 1. The molecule has 0 radical (unpaired) electrons. The van der Waals surface area contributed by atoms with Gasteiger partial charge in [-0.3, -0.25) is 4.90 Å². The summed E-state index contributed by atoms with van der Waals surface area (Å²) in [5, 5.41) is 1.24. The molecule has 6 nitrogen and oxygen atoms in total. The number of fused-ring (bicyclic) bond motifs is 1. The minimum atomic E-state index is -3.61. The molecule has 0 aliphatic heterocycles. The van der Waals surface area contributed by atoms with E-state index in [0.29, 0.717) is 20.9 Å². The van der Waals surface area contributed by atoms with E-state index in [0.717, 1.165) is 0 Å². The van der Waals surface area contributed by atoms with Crippen LogP contribution in [-0.2, 0) is 14.8 Å². The van der Waals surface area contributed by atoms with Gasteiger partial charge in [-0.05, 0) is 54.2 Å². The van der Waals surface area contributed by atoms with Gasteiger partial charge in [-0.15, -0.1) is 6.58 Å². The van der Waals surface area contributed by atoms with Crippen molar-refractivity contribution in [1.82, 2.24) is 4.31 Å². The first-order valence-electron chi connectivity index (χ1n) is 8.65. The van der Waals surface area contributed by atoms with Crippen LogP contribution in [0.3, 0.4) is 0 Å². The first-order valence-corrected chi connectivity index (χ1v) is 10.9. The van der Waals surface area contributed by atoms with Crippen molar-refractivity contribution in [2.45, 2.75) is 31.3 Å². The molecule has 0 fully saturated rings. The molecule has 0 aliphatic carbocycles. The molecule has 152 valence electrons. The molecular formula is C20H25BrN2O4S. The molecule has 0 atom stereocenters. The Hall–Kier alpha value is -1.90. The Kier molecular flexibility index (Phi) is 6.58. The van der Waals surface area contributed by atoms with E-state index in [2.05, 4.69) is 22.5 Å². The highest BCUT2D eigenvalue weighted by molar-refractivity contribution is 9.10. The summed E-state index contributed by atoms with van der Waals surface area (Å²) in [7, 11) is -0.629. The number of hydrogen-bond donors (Lipinski definition) is 0. The molecular weight excluding hydrogens is 444 g/mol. The van der Waals surface area contributed by atoms with Gasteiger partial charge in [0.1, 0.15) is 5.60 Å². The van der Waals surface area contributed by atoms with Crippen LogP contribution in [0.2, 0.25) is 0 Å². The number of hydrogen-bond acceptors (Lipinski definition) is 4. The quantitative estimate of drug-likeness (QED) is 0.592. The van der Waals surface area contributed by atoms with Gasteiger partial charge in [0, 0.05) is 30.5 Å². The second-order valence-electron chi connectivity index (χ2n) is 7.42. The Labute approximate surface area is 174 Å². The average molecular weight is 469 g/mol. The normalized spacial score (nSPS) is 12.2. The summed E-state index contributed by atoms with van der Waals surface area (Å²) in [6.45, 7) is 9.35. The van der Waals surface area contributed by atoms with Crippen molar-refractivity contribution in [3.8, 4) is 0 Å².